The van der Waals surface area contributed by atoms with Gasteiger partial charge in [-0.05, 0) is 38.1 Å². The number of nitrogens with one attached hydrogen (secondary N) is 2. The van der Waals surface area contributed by atoms with Crippen LogP contribution in [0.1, 0.15) is 22.4 Å². The monoisotopic (exact) mass is 448 g/mol. The molecular weight excluding hydrogens is 426 g/mol. The molecule has 0 aliphatic heterocycles. The number of halogens is 2. The second kappa shape index (κ2) is 9.82. The maximum absolute atomic E-state index is 13.5. The zero-order chi connectivity index (χ0) is 15.9. The minimum Gasteiger partial charge on any atom is -0.354 e. The lowest BCUT2D eigenvalue weighted by Crippen LogP contribution is -2.42. The Morgan fingerprint density at radius 3 is 2.78 bits per heavy atom. The molecule has 0 aromatic carbocycles. The summed E-state index contributed by atoms with van der Waals surface area (Å²) in [6, 6.07) is 7.50. The Hall–Kier alpha value is -1.22. The first kappa shape index (κ1) is 19.8. The lowest BCUT2D eigenvalue weighted by molar-refractivity contribution is 0.589. The van der Waals surface area contributed by atoms with Crippen LogP contribution in [-0.2, 0) is 13.0 Å². The van der Waals surface area contributed by atoms with Gasteiger partial charge < -0.3 is 10.6 Å². The van der Waals surface area contributed by atoms with Crippen molar-refractivity contribution in [2.45, 2.75) is 32.9 Å². The summed E-state index contributed by atoms with van der Waals surface area (Å²) < 4.78 is 13.5. The lowest BCUT2D eigenvalue weighted by Gasteiger charge is -2.17. The molecular formula is C16H22FIN4S. The fraction of sp³-hybridized carbons (Fsp3) is 0.375. The van der Waals surface area contributed by atoms with Gasteiger partial charge in [0, 0.05) is 35.5 Å². The standard InChI is InChI=1S/C16H21FN4S.HI/c1-11(9-13-7-6-12(2)22-13)21-16(18-3)20-10-15-14(17)5-4-8-19-15;/h4-8,11H,9-10H2,1-3H3,(H2,18,20,21);1H. The summed E-state index contributed by atoms with van der Waals surface area (Å²) in [5.41, 5.74) is 0.381. The summed E-state index contributed by atoms with van der Waals surface area (Å²) in [4.78, 5) is 10.8. The highest BCUT2D eigenvalue weighted by Crippen LogP contribution is 2.16. The average molecular weight is 448 g/mol. The van der Waals surface area contributed by atoms with Crippen LogP contribution < -0.4 is 10.6 Å². The van der Waals surface area contributed by atoms with Crippen molar-refractivity contribution in [3.05, 3.63) is 51.7 Å². The first-order chi connectivity index (χ1) is 10.6. The molecule has 0 saturated heterocycles. The van der Waals surface area contributed by atoms with E-state index in [1.54, 1.807) is 30.6 Å². The highest BCUT2D eigenvalue weighted by atomic mass is 127. The van der Waals surface area contributed by atoms with Gasteiger partial charge in [-0.1, -0.05) is 0 Å². The van der Waals surface area contributed by atoms with Crippen LogP contribution in [0, 0.1) is 12.7 Å². The average Bonchev–Trinajstić information content (AvgIpc) is 2.90. The highest BCUT2D eigenvalue weighted by molar-refractivity contribution is 14.0. The summed E-state index contributed by atoms with van der Waals surface area (Å²) >= 11 is 1.80. The number of aromatic nitrogens is 1. The van der Waals surface area contributed by atoms with Gasteiger partial charge in [-0.2, -0.15) is 0 Å². The Balaban J connectivity index is 0.00000264. The molecule has 1 unspecified atom stereocenters. The van der Waals surface area contributed by atoms with Crippen LogP contribution >= 0.6 is 35.3 Å². The third-order valence-corrected chi connectivity index (χ3v) is 4.19. The Morgan fingerprint density at radius 1 is 1.39 bits per heavy atom. The van der Waals surface area contributed by atoms with E-state index >= 15 is 0 Å². The molecule has 0 aliphatic carbocycles. The molecule has 0 aliphatic rings. The molecule has 0 saturated carbocycles. The van der Waals surface area contributed by atoms with E-state index in [0.717, 1.165) is 6.42 Å². The highest BCUT2D eigenvalue weighted by Gasteiger charge is 2.09. The number of hydrogen-bond donors (Lipinski definition) is 2. The van der Waals surface area contributed by atoms with Crippen molar-refractivity contribution < 1.29 is 4.39 Å². The van der Waals surface area contributed by atoms with E-state index in [4.69, 9.17) is 0 Å². The van der Waals surface area contributed by atoms with Crippen molar-refractivity contribution in [2.75, 3.05) is 7.05 Å². The number of nitrogens with zero attached hydrogens (tertiary/aromatic N) is 2. The summed E-state index contributed by atoms with van der Waals surface area (Å²) in [7, 11) is 1.70. The zero-order valence-corrected chi connectivity index (χ0v) is 16.6. The van der Waals surface area contributed by atoms with Gasteiger partial charge in [0.05, 0.1) is 12.2 Å². The van der Waals surface area contributed by atoms with E-state index in [0.29, 0.717) is 18.2 Å². The molecule has 0 amide bonds. The first-order valence-electron chi connectivity index (χ1n) is 7.20. The van der Waals surface area contributed by atoms with Crippen molar-refractivity contribution in [1.82, 2.24) is 15.6 Å². The first-order valence-corrected chi connectivity index (χ1v) is 8.02. The number of hydrogen-bond acceptors (Lipinski definition) is 3. The van der Waals surface area contributed by atoms with Crippen LogP contribution in [0.4, 0.5) is 4.39 Å². The number of thiophene rings is 1. The molecule has 0 bridgehead atoms. The molecule has 2 aromatic heterocycles. The van der Waals surface area contributed by atoms with Crippen LogP contribution in [-0.4, -0.2) is 24.0 Å². The predicted molar refractivity (Wildman–Crippen MR) is 105 cm³/mol. The number of pyridine rings is 1. The van der Waals surface area contributed by atoms with Gasteiger partial charge in [0.15, 0.2) is 5.96 Å². The van der Waals surface area contributed by atoms with E-state index in [1.165, 1.54) is 15.8 Å². The molecule has 2 rings (SSSR count). The minimum atomic E-state index is -0.312. The lowest BCUT2D eigenvalue weighted by atomic mass is 10.2. The van der Waals surface area contributed by atoms with Gasteiger partial charge in [0.2, 0.25) is 0 Å². The van der Waals surface area contributed by atoms with Gasteiger partial charge in [0.1, 0.15) is 5.82 Å². The number of aliphatic imine (C=N–C) groups is 1. The van der Waals surface area contributed by atoms with Crippen LogP contribution in [0.25, 0.3) is 0 Å². The summed E-state index contributed by atoms with van der Waals surface area (Å²) in [6.07, 6.45) is 2.51. The number of aryl methyl sites for hydroxylation is 1. The second-order valence-electron chi connectivity index (χ2n) is 5.12. The minimum absolute atomic E-state index is 0. The van der Waals surface area contributed by atoms with Crippen LogP contribution in [0.3, 0.4) is 0 Å². The van der Waals surface area contributed by atoms with Crippen LogP contribution in [0.5, 0.6) is 0 Å². The largest absolute Gasteiger partial charge is 0.354 e. The SMILES string of the molecule is CN=C(NCc1ncccc1F)NC(C)Cc1ccc(C)s1.I. The molecule has 0 spiro atoms. The van der Waals surface area contributed by atoms with E-state index in [2.05, 4.69) is 46.6 Å². The smallest absolute Gasteiger partial charge is 0.191 e. The second-order valence-corrected chi connectivity index (χ2v) is 6.49. The van der Waals surface area contributed by atoms with E-state index in [9.17, 15) is 4.39 Å². The molecule has 4 nitrogen and oxygen atoms in total. The van der Waals surface area contributed by atoms with E-state index < -0.39 is 0 Å². The van der Waals surface area contributed by atoms with E-state index in [-0.39, 0.29) is 35.8 Å². The summed E-state index contributed by atoms with van der Waals surface area (Å²) in [6.45, 7) is 4.51. The normalized spacial score (nSPS) is 12.4. The van der Waals surface area contributed by atoms with Crippen molar-refractivity contribution in [3.8, 4) is 0 Å². The maximum atomic E-state index is 13.5. The van der Waals surface area contributed by atoms with E-state index in [1.807, 2.05) is 0 Å². The van der Waals surface area contributed by atoms with Gasteiger partial charge in [-0.25, -0.2) is 4.39 Å². The Bertz CT molecular complexity index is 645. The zero-order valence-electron chi connectivity index (χ0n) is 13.5. The molecule has 2 aromatic rings. The van der Waals surface area contributed by atoms with Gasteiger partial charge in [-0.15, -0.1) is 35.3 Å². The summed E-state index contributed by atoms with van der Waals surface area (Å²) in [5, 5.41) is 6.40. The predicted octanol–water partition coefficient (Wildman–Crippen LogP) is 3.50. The van der Waals surface area contributed by atoms with Gasteiger partial charge in [0.25, 0.3) is 0 Å². The number of guanidine groups is 1. The molecule has 23 heavy (non-hydrogen) atoms. The Labute approximate surface area is 157 Å². The Morgan fingerprint density at radius 2 is 2.17 bits per heavy atom. The van der Waals surface area contributed by atoms with Crippen molar-refractivity contribution >= 4 is 41.3 Å². The van der Waals surface area contributed by atoms with Gasteiger partial charge in [-0.3, -0.25) is 9.98 Å². The molecule has 2 heterocycles. The molecule has 7 heteroatoms. The molecule has 2 N–H and O–H groups in total. The van der Waals surface area contributed by atoms with Gasteiger partial charge >= 0.3 is 0 Å². The fourth-order valence-electron chi connectivity index (χ4n) is 2.09. The molecule has 126 valence electrons. The van der Waals surface area contributed by atoms with Crippen molar-refractivity contribution in [1.29, 1.82) is 0 Å². The quantitative estimate of drug-likeness (QED) is 0.418. The third kappa shape index (κ3) is 6.42. The third-order valence-electron chi connectivity index (χ3n) is 3.17. The molecule has 0 radical (unpaired) electrons. The maximum Gasteiger partial charge on any atom is 0.191 e. The topological polar surface area (TPSA) is 49.3 Å². The number of rotatable bonds is 5. The van der Waals surface area contributed by atoms with Crippen molar-refractivity contribution in [3.63, 3.8) is 0 Å². The molecule has 0 fully saturated rings. The molecule has 1 atom stereocenters. The Kier molecular flexibility index (Phi) is 8.46. The van der Waals surface area contributed by atoms with Crippen LogP contribution in [0.15, 0.2) is 35.5 Å². The fourth-order valence-corrected chi connectivity index (χ4v) is 3.11. The van der Waals surface area contributed by atoms with Crippen molar-refractivity contribution in [2.24, 2.45) is 4.99 Å². The summed E-state index contributed by atoms with van der Waals surface area (Å²) in [5.74, 6) is 0.332. The van der Waals surface area contributed by atoms with Crippen LogP contribution in [0.2, 0.25) is 0 Å².